The lowest BCUT2D eigenvalue weighted by molar-refractivity contribution is -0.124. The first-order valence-corrected chi connectivity index (χ1v) is 7.51. The van der Waals surface area contributed by atoms with Gasteiger partial charge in [0, 0.05) is 4.47 Å². The molecule has 1 aliphatic heterocycles. The van der Waals surface area contributed by atoms with E-state index in [0.717, 1.165) is 4.47 Å². The van der Waals surface area contributed by atoms with Crippen LogP contribution in [0, 0.1) is 0 Å². The molecule has 0 saturated carbocycles. The summed E-state index contributed by atoms with van der Waals surface area (Å²) < 4.78 is 6.19. The first-order chi connectivity index (χ1) is 11.5. The Hall–Kier alpha value is -3.00. The zero-order valence-electron chi connectivity index (χ0n) is 12.0. The lowest BCUT2D eigenvalue weighted by atomic mass is 10.1. The molecule has 1 aliphatic rings. The van der Waals surface area contributed by atoms with Crippen LogP contribution in [-0.4, -0.2) is 17.8 Å². The van der Waals surface area contributed by atoms with Crippen molar-refractivity contribution in [2.45, 2.75) is 0 Å². The molecule has 7 nitrogen and oxygen atoms in total. The summed E-state index contributed by atoms with van der Waals surface area (Å²) in [6.45, 7) is 0. The van der Waals surface area contributed by atoms with Crippen molar-refractivity contribution in [1.29, 1.82) is 0 Å². The van der Waals surface area contributed by atoms with E-state index in [1.807, 2.05) is 10.6 Å². The van der Waals surface area contributed by atoms with Gasteiger partial charge in [-0.15, -0.1) is 0 Å². The molecule has 4 amide bonds. The molecule has 0 radical (unpaired) electrons. The predicted molar refractivity (Wildman–Crippen MR) is 89.0 cm³/mol. The number of urea groups is 1. The largest absolute Gasteiger partial charge is 0.463 e. The Balaban J connectivity index is 1.92. The van der Waals surface area contributed by atoms with Crippen LogP contribution in [0.15, 0.2) is 55.9 Å². The van der Waals surface area contributed by atoms with Crippen molar-refractivity contribution in [2.24, 2.45) is 0 Å². The average molecular weight is 389 g/mol. The number of hydrogen-bond acceptors (Lipinski definition) is 5. The van der Waals surface area contributed by atoms with Crippen molar-refractivity contribution in [3.63, 3.8) is 0 Å². The van der Waals surface area contributed by atoms with Gasteiger partial charge in [0.2, 0.25) is 0 Å². The fourth-order valence-electron chi connectivity index (χ4n) is 2.11. The number of rotatable bonds is 2. The Labute approximate surface area is 143 Å². The summed E-state index contributed by atoms with van der Waals surface area (Å²) in [6.07, 6.45) is 5.28. The number of nitrogens with one attached hydrogen (secondary N) is 2. The highest BCUT2D eigenvalue weighted by atomic mass is 79.9. The minimum absolute atomic E-state index is 0.236. The smallest absolute Gasteiger partial charge is 0.328 e. The van der Waals surface area contributed by atoms with E-state index in [1.165, 1.54) is 24.5 Å². The number of fused-ring (bicyclic) bond motifs is 1. The van der Waals surface area contributed by atoms with Gasteiger partial charge >= 0.3 is 6.03 Å². The molecule has 1 fully saturated rings. The molecule has 1 aromatic heterocycles. The zero-order valence-corrected chi connectivity index (χ0v) is 13.5. The number of halogens is 1. The van der Waals surface area contributed by atoms with Crippen molar-refractivity contribution in [3.05, 3.63) is 62.4 Å². The van der Waals surface area contributed by atoms with Gasteiger partial charge < -0.3 is 4.42 Å². The van der Waals surface area contributed by atoms with Gasteiger partial charge in [-0.3, -0.25) is 25.0 Å². The third-order valence-corrected chi connectivity index (χ3v) is 3.74. The molecule has 24 heavy (non-hydrogen) atoms. The van der Waals surface area contributed by atoms with Gasteiger partial charge in [0.25, 0.3) is 11.8 Å². The summed E-state index contributed by atoms with van der Waals surface area (Å²) in [5.41, 5.74) is 0.217. The number of barbiturate groups is 1. The normalized spacial score (nSPS) is 14.9. The molecule has 2 aromatic rings. The van der Waals surface area contributed by atoms with Crippen LogP contribution in [0.25, 0.3) is 17.0 Å². The molecular weight excluding hydrogens is 380 g/mol. The van der Waals surface area contributed by atoms with Crippen LogP contribution >= 0.6 is 15.9 Å². The maximum Gasteiger partial charge on any atom is 0.328 e. The fourth-order valence-corrected chi connectivity index (χ4v) is 2.45. The van der Waals surface area contributed by atoms with Gasteiger partial charge in [0.15, 0.2) is 5.43 Å². The van der Waals surface area contributed by atoms with Gasteiger partial charge in [-0.1, -0.05) is 22.0 Å². The molecule has 3 rings (SSSR count). The third-order valence-electron chi connectivity index (χ3n) is 3.25. The second kappa shape index (κ2) is 6.25. The molecule has 0 aliphatic carbocycles. The molecule has 2 N–H and O–H groups in total. The third kappa shape index (κ3) is 3.04. The van der Waals surface area contributed by atoms with Crippen molar-refractivity contribution in [3.8, 4) is 0 Å². The Morgan fingerprint density at radius 3 is 2.46 bits per heavy atom. The molecule has 8 heteroatoms. The van der Waals surface area contributed by atoms with Crippen LogP contribution < -0.4 is 16.1 Å². The highest BCUT2D eigenvalue weighted by Crippen LogP contribution is 2.18. The number of allylic oxidation sites excluding steroid dienone is 2. The first kappa shape index (κ1) is 15.9. The minimum atomic E-state index is -0.868. The van der Waals surface area contributed by atoms with Gasteiger partial charge in [-0.2, -0.15) is 0 Å². The topological polar surface area (TPSA) is 105 Å². The quantitative estimate of drug-likeness (QED) is 0.603. The van der Waals surface area contributed by atoms with Crippen LogP contribution in [0.4, 0.5) is 4.79 Å². The minimum Gasteiger partial charge on any atom is -0.463 e. The van der Waals surface area contributed by atoms with Gasteiger partial charge in [0.05, 0.1) is 10.9 Å². The molecule has 2 heterocycles. The SMILES string of the molecule is O=C1NC(=O)C(=CC=Cc2coc3cc(Br)ccc3c2=O)C(=O)N1. The summed E-state index contributed by atoms with van der Waals surface area (Å²) in [4.78, 5) is 46.4. The second-order valence-electron chi connectivity index (χ2n) is 4.84. The number of imide groups is 2. The lowest BCUT2D eigenvalue weighted by Gasteiger charge is -2.12. The second-order valence-corrected chi connectivity index (χ2v) is 5.75. The number of amides is 4. The monoisotopic (exact) mass is 388 g/mol. The maximum absolute atomic E-state index is 12.3. The Kier molecular flexibility index (Phi) is 4.13. The van der Waals surface area contributed by atoms with E-state index < -0.39 is 17.8 Å². The number of carbonyl (C=O) groups is 3. The Morgan fingerprint density at radius 1 is 1.04 bits per heavy atom. The standard InChI is InChI=1S/C16H9BrN2O5/c17-9-4-5-10-12(6-9)24-7-8(13(10)20)2-1-3-11-14(21)18-16(23)19-15(11)22/h1-7H,(H2,18,19,21,22,23). The van der Waals surface area contributed by atoms with Crippen molar-refractivity contribution in [1.82, 2.24) is 10.6 Å². The molecular formula is C16H9BrN2O5. The summed E-state index contributed by atoms with van der Waals surface area (Å²) in [5.74, 6) is -1.60. The van der Waals surface area contributed by atoms with E-state index in [4.69, 9.17) is 4.42 Å². The van der Waals surface area contributed by atoms with Crippen LogP contribution in [0.2, 0.25) is 0 Å². The van der Waals surface area contributed by atoms with E-state index in [9.17, 15) is 19.2 Å². The predicted octanol–water partition coefficient (Wildman–Crippen LogP) is 1.86. The summed E-state index contributed by atoms with van der Waals surface area (Å²) in [5, 5.41) is 4.31. The van der Waals surface area contributed by atoms with E-state index >= 15 is 0 Å². The molecule has 120 valence electrons. The Morgan fingerprint density at radius 2 is 1.75 bits per heavy atom. The van der Waals surface area contributed by atoms with E-state index in [0.29, 0.717) is 11.0 Å². The summed E-state index contributed by atoms with van der Waals surface area (Å²) in [7, 11) is 0. The Bertz CT molecular complexity index is 981. The highest BCUT2D eigenvalue weighted by Gasteiger charge is 2.26. The summed E-state index contributed by atoms with van der Waals surface area (Å²) >= 11 is 3.29. The zero-order chi connectivity index (χ0) is 17.3. The van der Waals surface area contributed by atoms with E-state index in [-0.39, 0.29) is 16.6 Å². The van der Waals surface area contributed by atoms with Gasteiger partial charge in [-0.05, 0) is 30.4 Å². The van der Waals surface area contributed by atoms with Crippen LogP contribution in [0.5, 0.6) is 0 Å². The van der Waals surface area contributed by atoms with Crippen molar-refractivity contribution < 1.29 is 18.8 Å². The molecule has 0 bridgehead atoms. The fraction of sp³-hybridized carbons (Fsp3) is 0. The molecule has 1 saturated heterocycles. The number of carbonyl (C=O) groups excluding carboxylic acids is 3. The lowest BCUT2D eigenvalue weighted by Crippen LogP contribution is -2.51. The van der Waals surface area contributed by atoms with Gasteiger partial charge in [-0.25, -0.2) is 4.79 Å². The van der Waals surface area contributed by atoms with Crippen molar-refractivity contribution in [2.75, 3.05) is 0 Å². The molecule has 0 atom stereocenters. The summed E-state index contributed by atoms with van der Waals surface area (Å²) in [6, 6.07) is 4.17. The first-order valence-electron chi connectivity index (χ1n) is 6.72. The van der Waals surface area contributed by atoms with Crippen LogP contribution in [0.3, 0.4) is 0 Å². The van der Waals surface area contributed by atoms with Gasteiger partial charge in [0.1, 0.15) is 17.4 Å². The van der Waals surface area contributed by atoms with E-state index in [2.05, 4.69) is 15.9 Å². The average Bonchev–Trinajstić information content (AvgIpc) is 2.51. The molecule has 0 spiro atoms. The molecule has 1 aromatic carbocycles. The maximum atomic E-state index is 12.3. The van der Waals surface area contributed by atoms with Crippen molar-refractivity contribution >= 4 is 50.8 Å². The highest BCUT2D eigenvalue weighted by molar-refractivity contribution is 9.10. The molecule has 0 unspecified atom stereocenters. The number of benzene rings is 1. The number of hydrogen-bond donors (Lipinski definition) is 2. The van der Waals surface area contributed by atoms with Crippen LogP contribution in [0.1, 0.15) is 5.56 Å². The van der Waals surface area contributed by atoms with E-state index in [1.54, 1.807) is 18.2 Å². The van der Waals surface area contributed by atoms with Crippen LogP contribution in [-0.2, 0) is 9.59 Å².